The summed E-state index contributed by atoms with van der Waals surface area (Å²) in [5.41, 5.74) is 1.45. The van der Waals surface area contributed by atoms with Crippen molar-refractivity contribution in [1.29, 1.82) is 0 Å². The molecular formula is C15H11BrClFN2. The van der Waals surface area contributed by atoms with Gasteiger partial charge in [0.1, 0.15) is 6.17 Å². The van der Waals surface area contributed by atoms with Gasteiger partial charge in [0, 0.05) is 21.1 Å². The summed E-state index contributed by atoms with van der Waals surface area (Å²) in [7, 11) is 0. The molecule has 3 aromatic rings. The third kappa shape index (κ3) is 2.72. The average molecular weight is 354 g/mol. The van der Waals surface area contributed by atoms with E-state index in [0.29, 0.717) is 10.6 Å². The highest BCUT2D eigenvalue weighted by Gasteiger charge is 2.12. The summed E-state index contributed by atoms with van der Waals surface area (Å²) < 4.78 is 16.9. The average Bonchev–Trinajstić information content (AvgIpc) is 2.83. The van der Waals surface area contributed by atoms with Gasteiger partial charge in [-0.3, -0.25) is 4.68 Å². The number of benzene rings is 2. The van der Waals surface area contributed by atoms with E-state index in [1.54, 1.807) is 28.9 Å². The van der Waals surface area contributed by atoms with Crippen LogP contribution in [0.2, 0.25) is 5.02 Å². The molecule has 2 aromatic carbocycles. The molecule has 20 heavy (non-hydrogen) atoms. The molecule has 0 aliphatic rings. The number of halogens is 3. The first-order valence-corrected chi connectivity index (χ1v) is 7.32. The van der Waals surface area contributed by atoms with Crippen LogP contribution in [0.5, 0.6) is 0 Å². The molecule has 0 aliphatic carbocycles. The molecule has 0 saturated heterocycles. The van der Waals surface area contributed by atoms with Crippen LogP contribution in [-0.2, 0) is 6.54 Å². The first kappa shape index (κ1) is 13.6. The molecule has 0 fully saturated rings. The van der Waals surface area contributed by atoms with Gasteiger partial charge in [-0.1, -0.05) is 45.7 Å². The van der Waals surface area contributed by atoms with Crippen LogP contribution in [0.25, 0.3) is 10.9 Å². The maximum absolute atomic E-state index is 14.3. The van der Waals surface area contributed by atoms with Crippen molar-refractivity contribution in [2.75, 3.05) is 0 Å². The van der Waals surface area contributed by atoms with Crippen molar-refractivity contribution in [1.82, 2.24) is 9.78 Å². The van der Waals surface area contributed by atoms with E-state index >= 15 is 0 Å². The molecule has 0 spiro atoms. The van der Waals surface area contributed by atoms with Crippen molar-refractivity contribution in [3.05, 3.63) is 63.7 Å². The normalized spacial score (nSPS) is 12.8. The molecule has 1 heterocycles. The second-order valence-electron chi connectivity index (χ2n) is 4.54. The SMILES string of the molecule is F[C@@H](Cn1cc2c(Br)cccc2n1)c1ccc(Cl)cc1. The number of fused-ring (bicyclic) bond motifs is 1. The van der Waals surface area contributed by atoms with Crippen molar-refractivity contribution >= 4 is 38.4 Å². The molecule has 0 aliphatic heterocycles. The van der Waals surface area contributed by atoms with Gasteiger partial charge in [0.15, 0.2) is 0 Å². The highest BCUT2D eigenvalue weighted by molar-refractivity contribution is 9.10. The lowest BCUT2D eigenvalue weighted by molar-refractivity contribution is 0.293. The number of aromatic nitrogens is 2. The zero-order chi connectivity index (χ0) is 14.1. The summed E-state index contributed by atoms with van der Waals surface area (Å²) >= 11 is 9.27. The summed E-state index contributed by atoms with van der Waals surface area (Å²) in [6, 6.07) is 12.6. The first-order chi connectivity index (χ1) is 9.63. The predicted molar refractivity (Wildman–Crippen MR) is 82.7 cm³/mol. The fraction of sp³-hybridized carbons (Fsp3) is 0.133. The van der Waals surface area contributed by atoms with Crippen molar-refractivity contribution in [2.24, 2.45) is 0 Å². The van der Waals surface area contributed by atoms with E-state index in [1.807, 2.05) is 24.4 Å². The van der Waals surface area contributed by atoms with Gasteiger partial charge in [0.05, 0.1) is 12.1 Å². The third-order valence-electron chi connectivity index (χ3n) is 3.12. The molecule has 0 bridgehead atoms. The van der Waals surface area contributed by atoms with E-state index in [4.69, 9.17) is 11.6 Å². The number of hydrogen-bond acceptors (Lipinski definition) is 1. The molecular weight excluding hydrogens is 343 g/mol. The minimum absolute atomic E-state index is 0.183. The lowest BCUT2D eigenvalue weighted by atomic mass is 10.1. The van der Waals surface area contributed by atoms with E-state index in [9.17, 15) is 4.39 Å². The topological polar surface area (TPSA) is 17.8 Å². The predicted octanol–water partition coefficient (Wildman–Crippen LogP) is 5.16. The zero-order valence-electron chi connectivity index (χ0n) is 10.4. The van der Waals surface area contributed by atoms with Gasteiger partial charge in [-0.25, -0.2) is 4.39 Å². The summed E-state index contributed by atoms with van der Waals surface area (Å²) in [5.74, 6) is 0. The Bertz CT molecular complexity index is 739. The quantitative estimate of drug-likeness (QED) is 0.635. The van der Waals surface area contributed by atoms with Gasteiger partial charge < -0.3 is 0 Å². The van der Waals surface area contributed by atoms with E-state index in [-0.39, 0.29) is 6.54 Å². The fourth-order valence-electron chi connectivity index (χ4n) is 2.09. The minimum Gasteiger partial charge on any atom is -0.268 e. The number of rotatable bonds is 3. The fourth-order valence-corrected chi connectivity index (χ4v) is 2.68. The number of nitrogens with zero attached hydrogens (tertiary/aromatic N) is 2. The van der Waals surface area contributed by atoms with E-state index in [2.05, 4.69) is 21.0 Å². The molecule has 1 aromatic heterocycles. The second-order valence-corrected chi connectivity index (χ2v) is 5.83. The summed E-state index contributed by atoms with van der Waals surface area (Å²) in [6.07, 6.45) is 0.738. The van der Waals surface area contributed by atoms with Crippen LogP contribution in [-0.4, -0.2) is 9.78 Å². The molecule has 3 rings (SSSR count). The van der Waals surface area contributed by atoms with Gasteiger partial charge in [0.2, 0.25) is 0 Å². The summed E-state index contributed by atoms with van der Waals surface area (Å²) in [4.78, 5) is 0. The lowest BCUT2D eigenvalue weighted by Crippen LogP contribution is -2.05. The van der Waals surface area contributed by atoms with Crippen LogP contribution < -0.4 is 0 Å². The van der Waals surface area contributed by atoms with Crippen LogP contribution in [0, 0.1) is 0 Å². The molecule has 1 atom stereocenters. The number of alkyl halides is 1. The Balaban J connectivity index is 1.85. The maximum atomic E-state index is 14.3. The Morgan fingerprint density at radius 2 is 1.95 bits per heavy atom. The van der Waals surface area contributed by atoms with Gasteiger partial charge in [-0.2, -0.15) is 5.10 Å². The Morgan fingerprint density at radius 1 is 1.20 bits per heavy atom. The van der Waals surface area contributed by atoms with Gasteiger partial charge in [0.25, 0.3) is 0 Å². The zero-order valence-corrected chi connectivity index (χ0v) is 12.8. The van der Waals surface area contributed by atoms with Gasteiger partial charge >= 0.3 is 0 Å². The Morgan fingerprint density at radius 3 is 2.65 bits per heavy atom. The van der Waals surface area contributed by atoms with Gasteiger partial charge in [-0.05, 0) is 29.8 Å². The smallest absolute Gasteiger partial charge is 0.145 e. The van der Waals surface area contributed by atoms with Crippen molar-refractivity contribution < 1.29 is 4.39 Å². The monoisotopic (exact) mass is 352 g/mol. The highest BCUT2D eigenvalue weighted by Crippen LogP contribution is 2.25. The van der Waals surface area contributed by atoms with Crippen LogP contribution in [0.4, 0.5) is 4.39 Å². The van der Waals surface area contributed by atoms with Crippen LogP contribution in [0.3, 0.4) is 0 Å². The van der Waals surface area contributed by atoms with E-state index in [1.165, 1.54) is 0 Å². The van der Waals surface area contributed by atoms with Crippen molar-refractivity contribution in [3.8, 4) is 0 Å². The van der Waals surface area contributed by atoms with Gasteiger partial charge in [-0.15, -0.1) is 0 Å². The number of hydrogen-bond donors (Lipinski definition) is 0. The largest absolute Gasteiger partial charge is 0.268 e. The van der Waals surface area contributed by atoms with E-state index < -0.39 is 6.17 Å². The molecule has 102 valence electrons. The molecule has 0 amide bonds. The molecule has 5 heteroatoms. The maximum Gasteiger partial charge on any atom is 0.145 e. The minimum atomic E-state index is -1.11. The van der Waals surface area contributed by atoms with Crippen LogP contribution in [0.15, 0.2) is 53.1 Å². The van der Waals surface area contributed by atoms with Crippen LogP contribution in [0.1, 0.15) is 11.7 Å². The summed E-state index contributed by atoms with van der Waals surface area (Å²) in [6.45, 7) is 0.183. The standard InChI is InChI=1S/C15H11BrClFN2/c16-13-2-1-3-15-12(13)8-20(19-15)9-14(18)10-4-6-11(17)7-5-10/h1-8,14H,9H2/t14-/m0/s1. The molecule has 2 nitrogen and oxygen atoms in total. The Labute approximate surface area is 129 Å². The first-order valence-electron chi connectivity index (χ1n) is 6.15. The van der Waals surface area contributed by atoms with Crippen LogP contribution >= 0.6 is 27.5 Å². The van der Waals surface area contributed by atoms with Crippen molar-refractivity contribution in [2.45, 2.75) is 12.7 Å². The van der Waals surface area contributed by atoms with E-state index in [0.717, 1.165) is 15.4 Å². The highest BCUT2D eigenvalue weighted by atomic mass is 79.9. The molecule has 0 radical (unpaired) electrons. The molecule has 0 saturated carbocycles. The Kier molecular flexibility index (Phi) is 3.76. The second kappa shape index (κ2) is 5.54. The lowest BCUT2D eigenvalue weighted by Gasteiger charge is -2.08. The third-order valence-corrected chi connectivity index (χ3v) is 4.07. The van der Waals surface area contributed by atoms with Crippen molar-refractivity contribution in [3.63, 3.8) is 0 Å². The molecule has 0 unspecified atom stereocenters. The summed E-state index contributed by atoms with van der Waals surface area (Å²) in [5, 5.41) is 5.97. The Hall–Kier alpha value is -1.39. The molecule has 0 N–H and O–H groups in total.